The maximum atomic E-state index is 13.7. The van der Waals surface area contributed by atoms with Crippen LogP contribution >= 0.6 is 27.5 Å². The van der Waals surface area contributed by atoms with E-state index in [2.05, 4.69) is 15.9 Å². The normalized spacial score (nSPS) is 10.0. The van der Waals surface area contributed by atoms with Crippen LogP contribution in [0.15, 0.2) is 40.9 Å². The lowest BCUT2D eigenvalue weighted by molar-refractivity contribution is 0.439. The Morgan fingerprint density at radius 3 is 2.63 bits per heavy atom. The first-order valence-electron chi connectivity index (χ1n) is 5.36. The van der Waals surface area contributed by atoms with Gasteiger partial charge in [-0.1, -0.05) is 22.0 Å². The Morgan fingerprint density at radius 1 is 1.21 bits per heavy atom. The minimum Gasteiger partial charge on any atom is -0.454 e. The molecular weight excluding hydrogens is 333 g/mol. The number of halogens is 3. The van der Waals surface area contributed by atoms with E-state index in [1.807, 2.05) is 12.1 Å². The standard InChI is InChI=1S/C14H8BrClFNO/c15-11-3-2-10(7-16)14(6-11)19-13-4-1-9(8-18)5-12(13)17/h1-6H,7H2. The lowest BCUT2D eigenvalue weighted by Crippen LogP contribution is -1.93. The number of nitriles is 1. The van der Waals surface area contributed by atoms with Gasteiger partial charge in [0.2, 0.25) is 0 Å². The van der Waals surface area contributed by atoms with E-state index < -0.39 is 5.82 Å². The van der Waals surface area contributed by atoms with Gasteiger partial charge in [0.25, 0.3) is 0 Å². The molecule has 19 heavy (non-hydrogen) atoms. The van der Waals surface area contributed by atoms with E-state index >= 15 is 0 Å². The van der Waals surface area contributed by atoms with Crippen LogP contribution in [0.25, 0.3) is 0 Å². The van der Waals surface area contributed by atoms with Crippen molar-refractivity contribution in [3.05, 3.63) is 57.8 Å². The fourth-order valence-electron chi connectivity index (χ4n) is 1.51. The lowest BCUT2D eigenvalue weighted by Gasteiger charge is -2.10. The van der Waals surface area contributed by atoms with Crippen LogP contribution in [0.5, 0.6) is 11.5 Å². The highest BCUT2D eigenvalue weighted by molar-refractivity contribution is 9.10. The first-order valence-corrected chi connectivity index (χ1v) is 6.68. The zero-order valence-electron chi connectivity index (χ0n) is 9.66. The Hall–Kier alpha value is -1.57. The van der Waals surface area contributed by atoms with E-state index in [4.69, 9.17) is 21.6 Å². The molecule has 0 saturated carbocycles. The summed E-state index contributed by atoms with van der Waals surface area (Å²) >= 11 is 9.13. The van der Waals surface area contributed by atoms with Gasteiger partial charge >= 0.3 is 0 Å². The van der Waals surface area contributed by atoms with Crippen LogP contribution in [0.1, 0.15) is 11.1 Å². The summed E-state index contributed by atoms with van der Waals surface area (Å²) in [5.41, 5.74) is 1.00. The van der Waals surface area contributed by atoms with Crippen molar-refractivity contribution in [1.82, 2.24) is 0 Å². The molecule has 2 aromatic rings. The zero-order chi connectivity index (χ0) is 13.8. The molecule has 5 heteroatoms. The summed E-state index contributed by atoms with van der Waals surface area (Å²) in [6.07, 6.45) is 0. The predicted octanol–water partition coefficient (Wildman–Crippen LogP) is 4.99. The predicted molar refractivity (Wildman–Crippen MR) is 74.9 cm³/mol. The fourth-order valence-corrected chi connectivity index (χ4v) is 2.07. The SMILES string of the molecule is N#Cc1ccc(Oc2cc(Br)ccc2CCl)c(F)c1. The van der Waals surface area contributed by atoms with Crippen LogP contribution < -0.4 is 4.74 Å². The van der Waals surface area contributed by atoms with E-state index in [1.54, 1.807) is 12.1 Å². The van der Waals surface area contributed by atoms with Gasteiger partial charge in [0.15, 0.2) is 11.6 Å². The summed E-state index contributed by atoms with van der Waals surface area (Å²) < 4.78 is 20.1. The van der Waals surface area contributed by atoms with Crippen molar-refractivity contribution in [2.45, 2.75) is 5.88 Å². The van der Waals surface area contributed by atoms with Crippen LogP contribution in [0.2, 0.25) is 0 Å². The molecule has 2 aromatic carbocycles. The topological polar surface area (TPSA) is 33.0 Å². The highest BCUT2D eigenvalue weighted by Gasteiger charge is 2.09. The minimum absolute atomic E-state index is 0.0588. The third-order valence-corrected chi connectivity index (χ3v) is 3.24. The highest BCUT2D eigenvalue weighted by Crippen LogP contribution is 2.31. The Morgan fingerprint density at radius 2 is 2.00 bits per heavy atom. The number of benzene rings is 2. The summed E-state index contributed by atoms with van der Waals surface area (Å²) in [4.78, 5) is 0. The average Bonchev–Trinajstić information content (AvgIpc) is 2.41. The van der Waals surface area contributed by atoms with Crippen molar-refractivity contribution < 1.29 is 9.13 Å². The molecule has 0 aromatic heterocycles. The van der Waals surface area contributed by atoms with Crippen molar-refractivity contribution in [3.8, 4) is 17.6 Å². The summed E-state index contributed by atoms with van der Waals surface area (Å²) in [5, 5.41) is 8.68. The van der Waals surface area contributed by atoms with E-state index in [-0.39, 0.29) is 17.2 Å². The number of ether oxygens (including phenoxy) is 1. The molecule has 0 aliphatic carbocycles. The van der Waals surface area contributed by atoms with E-state index in [0.717, 1.165) is 16.1 Å². The molecule has 96 valence electrons. The maximum Gasteiger partial charge on any atom is 0.167 e. The number of hydrogen-bond acceptors (Lipinski definition) is 2. The zero-order valence-corrected chi connectivity index (χ0v) is 12.0. The molecule has 2 nitrogen and oxygen atoms in total. The Labute approximate surface area is 123 Å². The summed E-state index contributed by atoms with van der Waals surface area (Å²) in [7, 11) is 0. The molecule has 0 spiro atoms. The van der Waals surface area contributed by atoms with Gasteiger partial charge in [-0.2, -0.15) is 5.26 Å². The quantitative estimate of drug-likeness (QED) is 0.737. The Balaban J connectivity index is 2.36. The average molecular weight is 341 g/mol. The van der Waals surface area contributed by atoms with E-state index in [9.17, 15) is 4.39 Å². The molecule has 0 fully saturated rings. The number of alkyl halides is 1. The third kappa shape index (κ3) is 3.25. The second-order valence-corrected chi connectivity index (χ2v) is 4.93. The number of rotatable bonds is 3. The van der Waals surface area contributed by atoms with Gasteiger partial charge in [0.05, 0.1) is 17.5 Å². The molecule has 0 N–H and O–H groups in total. The van der Waals surface area contributed by atoms with Gasteiger partial charge in [0.1, 0.15) is 5.75 Å². The van der Waals surface area contributed by atoms with Gasteiger partial charge in [0, 0.05) is 10.0 Å². The molecule has 0 unspecified atom stereocenters. The smallest absolute Gasteiger partial charge is 0.167 e. The Kier molecular flexibility index (Phi) is 4.41. The first-order chi connectivity index (χ1) is 9.13. The minimum atomic E-state index is -0.584. The van der Waals surface area contributed by atoms with Gasteiger partial charge in [-0.15, -0.1) is 11.6 Å². The second kappa shape index (κ2) is 6.05. The van der Waals surface area contributed by atoms with E-state index in [0.29, 0.717) is 5.75 Å². The van der Waals surface area contributed by atoms with Gasteiger partial charge in [-0.05, 0) is 30.3 Å². The van der Waals surface area contributed by atoms with Crippen molar-refractivity contribution in [2.75, 3.05) is 0 Å². The van der Waals surface area contributed by atoms with Gasteiger partial charge in [-0.25, -0.2) is 4.39 Å². The van der Waals surface area contributed by atoms with Crippen molar-refractivity contribution in [1.29, 1.82) is 5.26 Å². The monoisotopic (exact) mass is 339 g/mol. The number of nitrogens with zero attached hydrogens (tertiary/aromatic N) is 1. The first kappa shape index (κ1) is 13.9. The summed E-state index contributed by atoms with van der Waals surface area (Å²) in [6.45, 7) is 0. The van der Waals surface area contributed by atoms with E-state index in [1.165, 1.54) is 12.1 Å². The molecule has 0 bridgehead atoms. The van der Waals surface area contributed by atoms with Crippen LogP contribution in [-0.4, -0.2) is 0 Å². The molecular formula is C14H8BrClFNO. The highest BCUT2D eigenvalue weighted by atomic mass is 79.9. The van der Waals surface area contributed by atoms with Gasteiger partial charge < -0.3 is 4.74 Å². The van der Waals surface area contributed by atoms with Crippen LogP contribution in [0.4, 0.5) is 4.39 Å². The van der Waals surface area contributed by atoms with Gasteiger partial charge in [-0.3, -0.25) is 0 Å². The second-order valence-electron chi connectivity index (χ2n) is 3.74. The summed E-state index contributed by atoms with van der Waals surface area (Å²) in [6, 6.07) is 11.3. The van der Waals surface area contributed by atoms with Crippen LogP contribution in [0, 0.1) is 17.1 Å². The third-order valence-electron chi connectivity index (χ3n) is 2.45. The molecule has 0 aliphatic heterocycles. The summed E-state index contributed by atoms with van der Waals surface area (Å²) in [5.74, 6) is 0.219. The maximum absolute atomic E-state index is 13.7. The molecule has 0 aliphatic rings. The number of hydrogen-bond donors (Lipinski definition) is 0. The fraction of sp³-hybridized carbons (Fsp3) is 0.0714. The molecule has 0 radical (unpaired) electrons. The molecule has 0 heterocycles. The molecule has 0 saturated heterocycles. The van der Waals surface area contributed by atoms with Crippen molar-refractivity contribution >= 4 is 27.5 Å². The lowest BCUT2D eigenvalue weighted by atomic mass is 10.2. The molecule has 0 amide bonds. The van der Waals surface area contributed by atoms with Crippen LogP contribution in [0.3, 0.4) is 0 Å². The van der Waals surface area contributed by atoms with Crippen molar-refractivity contribution in [2.24, 2.45) is 0 Å². The molecule has 0 atom stereocenters. The molecule has 2 rings (SSSR count). The Bertz CT molecular complexity index is 654. The van der Waals surface area contributed by atoms with Crippen LogP contribution in [-0.2, 0) is 5.88 Å². The van der Waals surface area contributed by atoms with Crippen molar-refractivity contribution in [3.63, 3.8) is 0 Å². The largest absolute Gasteiger partial charge is 0.454 e.